The Kier molecular flexibility index (Phi) is 4.09. The first-order chi connectivity index (χ1) is 6.74. The Bertz CT molecular complexity index is 282. The maximum Gasteiger partial charge on any atom is 0.179 e. The van der Waals surface area contributed by atoms with Crippen LogP contribution >= 0.6 is 0 Å². The Labute approximate surface area is 82.2 Å². The van der Waals surface area contributed by atoms with E-state index in [1.165, 1.54) is 12.5 Å². The summed E-state index contributed by atoms with van der Waals surface area (Å²) in [4.78, 5) is 7.55. The Morgan fingerprint density at radius 2 is 2.29 bits per heavy atom. The number of hydrogen-bond donors (Lipinski definition) is 2. The molecule has 1 heterocycles. The van der Waals surface area contributed by atoms with Crippen LogP contribution in [-0.4, -0.2) is 36.3 Å². The van der Waals surface area contributed by atoms with Crippen molar-refractivity contribution in [1.82, 2.24) is 9.97 Å². The Hall–Kier alpha value is -1.40. The molecule has 0 aliphatic rings. The molecule has 6 nitrogen and oxygen atoms in total. The van der Waals surface area contributed by atoms with Crippen molar-refractivity contribution in [2.24, 2.45) is 5.73 Å². The third kappa shape index (κ3) is 3.15. The second kappa shape index (κ2) is 5.36. The molecule has 78 valence electrons. The average molecular weight is 198 g/mol. The highest BCUT2D eigenvalue weighted by atomic mass is 16.5. The molecular weight excluding hydrogens is 184 g/mol. The molecule has 0 bridgehead atoms. The fraction of sp³-hybridized carbons (Fsp3) is 0.500. The number of hydrogen-bond acceptors (Lipinski definition) is 6. The zero-order valence-corrected chi connectivity index (χ0v) is 8.01. The topological polar surface area (TPSA) is 96.3 Å². The van der Waals surface area contributed by atoms with Gasteiger partial charge in [0.25, 0.3) is 0 Å². The van der Waals surface area contributed by atoms with Gasteiger partial charge in [-0.1, -0.05) is 0 Å². The van der Waals surface area contributed by atoms with Crippen molar-refractivity contribution >= 4 is 5.82 Å². The Balaban J connectivity index is 2.41. The van der Waals surface area contributed by atoms with Crippen molar-refractivity contribution in [2.75, 3.05) is 26.1 Å². The number of nitrogens with zero attached hydrogens (tertiary/aromatic N) is 2. The van der Waals surface area contributed by atoms with Gasteiger partial charge in [-0.05, 0) is 0 Å². The van der Waals surface area contributed by atoms with E-state index in [9.17, 15) is 0 Å². The van der Waals surface area contributed by atoms with Gasteiger partial charge in [0.1, 0.15) is 12.9 Å². The summed E-state index contributed by atoms with van der Waals surface area (Å²) in [7, 11) is 1.58. The molecule has 1 rings (SSSR count). The Morgan fingerprint density at radius 3 is 2.93 bits per heavy atom. The van der Waals surface area contributed by atoms with Gasteiger partial charge in [0.05, 0.1) is 18.8 Å². The third-order valence-corrected chi connectivity index (χ3v) is 1.54. The van der Waals surface area contributed by atoms with Crippen molar-refractivity contribution in [2.45, 2.75) is 6.04 Å². The van der Waals surface area contributed by atoms with E-state index in [4.69, 9.17) is 20.9 Å². The molecule has 1 aromatic rings. The average Bonchev–Trinajstić information content (AvgIpc) is 2.17. The fourth-order valence-corrected chi connectivity index (χ4v) is 0.897. The van der Waals surface area contributed by atoms with Crippen LogP contribution < -0.4 is 16.2 Å². The van der Waals surface area contributed by atoms with Crippen LogP contribution in [0.5, 0.6) is 5.75 Å². The van der Waals surface area contributed by atoms with E-state index in [1.807, 2.05) is 0 Å². The fourth-order valence-electron chi connectivity index (χ4n) is 0.897. The number of rotatable bonds is 5. The molecule has 14 heavy (non-hydrogen) atoms. The van der Waals surface area contributed by atoms with Crippen molar-refractivity contribution in [1.29, 1.82) is 0 Å². The van der Waals surface area contributed by atoms with Crippen LogP contribution in [-0.2, 0) is 4.74 Å². The molecule has 0 radical (unpaired) electrons. The molecule has 0 unspecified atom stereocenters. The lowest BCUT2D eigenvalue weighted by Crippen LogP contribution is -2.32. The normalized spacial score (nSPS) is 12.4. The van der Waals surface area contributed by atoms with Crippen LogP contribution in [0.1, 0.15) is 0 Å². The lowest BCUT2D eigenvalue weighted by molar-refractivity contribution is 0.152. The molecule has 0 saturated heterocycles. The van der Waals surface area contributed by atoms with E-state index >= 15 is 0 Å². The van der Waals surface area contributed by atoms with Gasteiger partial charge in [0.2, 0.25) is 0 Å². The van der Waals surface area contributed by atoms with Crippen molar-refractivity contribution in [3.8, 4) is 5.75 Å². The maximum absolute atomic E-state index is 5.65. The zero-order chi connectivity index (χ0) is 10.4. The van der Waals surface area contributed by atoms with E-state index in [2.05, 4.69) is 9.97 Å². The summed E-state index contributed by atoms with van der Waals surface area (Å²) in [5.41, 5.74) is 11.2. The van der Waals surface area contributed by atoms with E-state index in [0.717, 1.165) is 0 Å². The molecule has 0 amide bonds. The lowest BCUT2D eigenvalue weighted by atomic mass is 10.3. The van der Waals surface area contributed by atoms with Crippen LogP contribution in [0, 0.1) is 0 Å². The minimum absolute atomic E-state index is 0.181. The summed E-state index contributed by atoms with van der Waals surface area (Å²) in [6, 6.07) is -0.181. The molecule has 0 aromatic carbocycles. The minimum atomic E-state index is -0.181. The number of nitrogen functional groups attached to an aromatic ring is 1. The zero-order valence-electron chi connectivity index (χ0n) is 8.01. The minimum Gasteiger partial charge on any atom is -0.486 e. The van der Waals surface area contributed by atoms with Crippen molar-refractivity contribution in [3.63, 3.8) is 0 Å². The standard InChI is InChI=1S/C8H14N4O2/c1-13-3-6(9)4-14-7-2-11-5-12-8(7)10/h2,5-6H,3-4,9H2,1H3,(H2,10,11,12)/t6-/m0/s1. The summed E-state index contributed by atoms with van der Waals surface area (Å²) >= 11 is 0. The first kappa shape index (κ1) is 10.7. The number of anilines is 1. The van der Waals surface area contributed by atoms with Crippen LogP contribution in [0.4, 0.5) is 5.82 Å². The molecule has 0 aliphatic carbocycles. The first-order valence-electron chi connectivity index (χ1n) is 4.17. The molecule has 0 aliphatic heterocycles. The van der Waals surface area contributed by atoms with Crippen LogP contribution in [0.3, 0.4) is 0 Å². The summed E-state index contributed by atoms with van der Waals surface area (Å²) in [5.74, 6) is 0.753. The molecular formula is C8H14N4O2. The SMILES string of the molecule is COC[C@H](N)COc1cncnc1N. The second-order valence-electron chi connectivity index (χ2n) is 2.80. The van der Waals surface area contributed by atoms with E-state index in [1.54, 1.807) is 7.11 Å². The largest absolute Gasteiger partial charge is 0.486 e. The van der Waals surface area contributed by atoms with Gasteiger partial charge < -0.3 is 20.9 Å². The third-order valence-electron chi connectivity index (χ3n) is 1.54. The number of ether oxygens (including phenoxy) is 2. The summed E-state index contributed by atoms with van der Waals surface area (Å²) in [5, 5.41) is 0. The Morgan fingerprint density at radius 1 is 1.50 bits per heavy atom. The molecule has 1 aromatic heterocycles. The second-order valence-corrected chi connectivity index (χ2v) is 2.80. The molecule has 1 atom stereocenters. The van der Waals surface area contributed by atoms with Gasteiger partial charge in [-0.2, -0.15) is 0 Å². The number of methoxy groups -OCH3 is 1. The molecule has 6 heteroatoms. The molecule has 0 saturated carbocycles. The highest BCUT2D eigenvalue weighted by Crippen LogP contribution is 2.14. The van der Waals surface area contributed by atoms with Gasteiger partial charge in [0.15, 0.2) is 11.6 Å². The summed E-state index contributed by atoms with van der Waals surface area (Å²) < 4.78 is 10.2. The van der Waals surface area contributed by atoms with E-state index in [-0.39, 0.29) is 6.04 Å². The van der Waals surface area contributed by atoms with Gasteiger partial charge >= 0.3 is 0 Å². The number of nitrogens with two attached hydrogens (primary N) is 2. The van der Waals surface area contributed by atoms with Gasteiger partial charge in [-0.3, -0.25) is 0 Å². The van der Waals surface area contributed by atoms with Crippen LogP contribution in [0.2, 0.25) is 0 Å². The lowest BCUT2D eigenvalue weighted by Gasteiger charge is -2.12. The van der Waals surface area contributed by atoms with E-state index in [0.29, 0.717) is 24.8 Å². The monoisotopic (exact) mass is 198 g/mol. The predicted molar refractivity (Wildman–Crippen MR) is 51.8 cm³/mol. The predicted octanol–water partition coefficient (Wildman–Crippen LogP) is -0.589. The van der Waals surface area contributed by atoms with Gasteiger partial charge in [0, 0.05) is 7.11 Å². The van der Waals surface area contributed by atoms with E-state index < -0.39 is 0 Å². The molecule has 0 fully saturated rings. The number of aromatic nitrogens is 2. The van der Waals surface area contributed by atoms with Crippen molar-refractivity contribution in [3.05, 3.63) is 12.5 Å². The maximum atomic E-state index is 5.65. The van der Waals surface area contributed by atoms with Crippen molar-refractivity contribution < 1.29 is 9.47 Å². The highest BCUT2D eigenvalue weighted by molar-refractivity contribution is 5.42. The van der Waals surface area contributed by atoms with Gasteiger partial charge in [-0.25, -0.2) is 9.97 Å². The van der Waals surface area contributed by atoms with Crippen LogP contribution in [0.15, 0.2) is 12.5 Å². The first-order valence-corrected chi connectivity index (χ1v) is 4.17. The molecule has 4 N–H and O–H groups in total. The summed E-state index contributed by atoms with van der Waals surface area (Å²) in [6.07, 6.45) is 2.86. The smallest absolute Gasteiger partial charge is 0.179 e. The van der Waals surface area contributed by atoms with Crippen LogP contribution in [0.25, 0.3) is 0 Å². The quantitative estimate of drug-likeness (QED) is 0.656. The van der Waals surface area contributed by atoms with Gasteiger partial charge in [-0.15, -0.1) is 0 Å². The highest BCUT2D eigenvalue weighted by Gasteiger charge is 2.05. The summed E-state index contributed by atoms with van der Waals surface area (Å²) in [6.45, 7) is 0.763. The molecule has 0 spiro atoms.